The van der Waals surface area contributed by atoms with Gasteiger partial charge in [-0.25, -0.2) is 9.38 Å². The van der Waals surface area contributed by atoms with Gasteiger partial charge in [0, 0.05) is 46.8 Å². The van der Waals surface area contributed by atoms with E-state index < -0.39 is 0 Å². The molecule has 0 aliphatic carbocycles. The Morgan fingerprint density at radius 3 is 2.58 bits per heavy atom. The molecule has 1 aromatic rings. The molecule has 1 aliphatic heterocycles. The molecule has 146 valence electrons. The average molecular weight is 478 g/mol. The topological polar surface area (TPSA) is 57.2 Å². The van der Waals surface area contributed by atoms with Gasteiger partial charge in [0.25, 0.3) is 0 Å². The predicted octanol–water partition coefficient (Wildman–Crippen LogP) is 1.95. The minimum Gasteiger partial charge on any atom is -0.381 e. The summed E-state index contributed by atoms with van der Waals surface area (Å²) in [5, 5.41) is 3.34. The average Bonchev–Trinajstić information content (AvgIpc) is 3.10. The van der Waals surface area contributed by atoms with Crippen molar-refractivity contribution in [3.8, 4) is 0 Å². The molecule has 0 aromatic heterocycles. The molecule has 0 saturated carbocycles. The highest BCUT2D eigenvalue weighted by molar-refractivity contribution is 14.0. The van der Waals surface area contributed by atoms with Crippen LogP contribution in [-0.2, 0) is 16.1 Å². The van der Waals surface area contributed by atoms with Crippen LogP contribution in [0, 0.1) is 11.7 Å². The second-order valence-corrected chi connectivity index (χ2v) is 6.52. The number of nitrogens with zero attached hydrogens (tertiary/aromatic N) is 3. The van der Waals surface area contributed by atoms with Crippen molar-refractivity contribution in [2.75, 3.05) is 47.4 Å². The minimum atomic E-state index is -0.253. The van der Waals surface area contributed by atoms with Crippen LogP contribution in [0.25, 0.3) is 0 Å². The van der Waals surface area contributed by atoms with Crippen molar-refractivity contribution in [2.24, 2.45) is 10.9 Å². The Bertz CT molecular complexity index is 589. The lowest BCUT2D eigenvalue weighted by molar-refractivity contribution is -0.127. The summed E-state index contributed by atoms with van der Waals surface area (Å²) >= 11 is 0. The molecule has 1 N–H and O–H groups in total. The molecule has 1 saturated heterocycles. The molecular formula is C18H28FIN4O2. The Kier molecular flexibility index (Phi) is 9.85. The molecule has 6 nitrogen and oxygen atoms in total. The van der Waals surface area contributed by atoms with Crippen LogP contribution in [-0.4, -0.2) is 69.1 Å². The number of carbonyl (C=O) groups excluding carboxylic acids is 1. The lowest BCUT2D eigenvalue weighted by atomic mass is 10.1. The molecular weight excluding hydrogens is 450 g/mol. The Labute approximate surface area is 171 Å². The van der Waals surface area contributed by atoms with Crippen LogP contribution in [0.4, 0.5) is 4.39 Å². The van der Waals surface area contributed by atoms with Crippen molar-refractivity contribution in [2.45, 2.75) is 13.0 Å². The summed E-state index contributed by atoms with van der Waals surface area (Å²) in [6.45, 7) is 2.96. The van der Waals surface area contributed by atoms with Crippen LogP contribution in [0.2, 0.25) is 0 Å². The molecule has 0 bridgehead atoms. The first-order valence-electron chi connectivity index (χ1n) is 8.47. The summed E-state index contributed by atoms with van der Waals surface area (Å²) in [6, 6.07) is 6.39. The first kappa shape index (κ1) is 22.6. The van der Waals surface area contributed by atoms with E-state index in [-0.39, 0.29) is 42.2 Å². The molecule has 8 heteroatoms. The summed E-state index contributed by atoms with van der Waals surface area (Å²) < 4.78 is 18.5. The second kappa shape index (κ2) is 11.3. The Balaban J connectivity index is 0.00000338. The van der Waals surface area contributed by atoms with E-state index in [4.69, 9.17) is 4.74 Å². The zero-order chi connectivity index (χ0) is 18.2. The number of benzene rings is 1. The molecule has 0 radical (unpaired) electrons. The Morgan fingerprint density at radius 1 is 1.31 bits per heavy atom. The van der Waals surface area contributed by atoms with Gasteiger partial charge in [-0.1, -0.05) is 12.1 Å². The van der Waals surface area contributed by atoms with Gasteiger partial charge in [0.15, 0.2) is 5.96 Å². The number of carbonyl (C=O) groups is 1. The first-order chi connectivity index (χ1) is 12.0. The van der Waals surface area contributed by atoms with Crippen LogP contribution in [0.5, 0.6) is 0 Å². The maximum Gasteiger partial charge on any atom is 0.243 e. The van der Waals surface area contributed by atoms with Crippen LogP contribution < -0.4 is 5.32 Å². The van der Waals surface area contributed by atoms with Gasteiger partial charge in [-0.3, -0.25) is 4.79 Å². The molecule has 2 rings (SSSR count). The maximum absolute atomic E-state index is 13.1. The highest BCUT2D eigenvalue weighted by Crippen LogP contribution is 2.11. The number of nitrogens with one attached hydrogen (secondary N) is 1. The van der Waals surface area contributed by atoms with Gasteiger partial charge < -0.3 is 19.9 Å². The lowest BCUT2D eigenvalue weighted by Crippen LogP contribution is -2.41. The van der Waals surface area contributed by atoms with Crippen molar-refractivity contribution in [1.82, 2.24) is 15.1 Å². The fourth-order valence-corrected chi connectivity index (χ4v) is 2.51. The van der Waals surface area contributed by atoms with E-state index in [1.54, 1.807) is 26.2 Å². The van der Waals surface area contributed by atoms with E-state index in [1.165, 1.54) is 17.0 Å². The largest absolute Gasteiger partial charge is 0.381 e. The number of hydrogen-bond donors (Lipinski definition) is 1. The van der Waals surface area contributed by atoms with Gasteiger partial charge in [0.05, 0.1) is 6.61 Å². The fourth-order valence-electron chi connectivity index (χ4n) is 2.51. The molecule has 0 spiro atoms. The summed E-state index contributed by atoms with van der Waals surface area (Å²) in [7, 11) is 5.33. The van der Waals surface area contributed by atoms with Crippen molar-refractivity contribution >= 4 is 35.8 Å². The van der Waals surface area contributed by atoms with E-state index in [0.717, 1.165) is 31.7 Å². The third-order valence-corrected chi connectivity index (χ3v) is 4.13. The summed E-state index contributed by atoms with van der Waals surface area (Å²) in [5.41, 5.74) is 0.974. The lowest BCUT2D eigenvalue weighted by Gasteiger charge is -2.24. The normalized spacial score (nSPS) is 16.8. The number of aliphatic imine (C=N–C) groups is 1. The first-order valence-corrected chi connectivity index (χ1v) is 8.47. The number of ether oxygens (including phenoxy) is 1. The monoisotopic (exact) mass is 478 g/mol. The number of rotatable bonds is 6. The second-order valence-electron chi connectivity index (χ2n) is 6.52. The van der Waals surface area contributed by atoms with E-state index >= 15 is 0 Å². The van der Waals surface area contributed by atoms with Crippen LogP contribution in [0.3, 0.4) is 0 Å². The van der Waals surface area contributed by atoms with Gasteiger partial charge in [-0.15, -0.1) is 24.0 Å². The third-order valence-electron chi connectivity index (χ3n) is 4.13. The number of likely N-dealkylation sites (N-methyl/N-ethyl adjacent to an activating group) is 1. The number of amides is 1. The van der Waals surface area contributed by atoms with Gasteiger partial charge in [0.1, 0.15) is 12.4 Å². The van der Waals surface area contributed by atoms with Crippen molar-refractivity contribution in [1.29, 1.82) is 0 Å². The van der Waals surface area contributed by atoms with Crippen molar-refractivity contribution in [3.05, 3.63) is 35.6 Å². The molecule has 1 atom stereocenters. The molecule has 26 heavy (non-hydrogen) atoms. The van der Waals surface area contributed by atoms with Crippen LogP contribution in [0.15, 0.2) is 29.3 Å². The van der Waals surface area contributed by atoms with Gasteiger partial charge >= 0.3 is 0 Å². The van der Waals surface area contributed by atoms with Crippen molar-refractivity contribution < 1.29 is 13.9 Å². The maximum atomic E-state index is 13.1. The predicted molar refractivity (Wildman–Crippen MR) is 111 cm³/mol. The van der Waals surface area contributed by atoms with Crippen LogP contribution >= 0.6 is 24.0 Å². The molecule has 1 aromatic carbocycles. The Morgan fingerprint density at radius 2 is 2.00 bits per heavy atom. The SMILES string of the molecule is CN(C)C(=O)CN=C(NCC1CCOC1)N(C)Cc1ccc(F)cc1.I. The minimum absolute atomic E-state index is 0. The molecule has 1 aliphatic rings. The highest BCUT2D eigenvalue weighted by atomic mass is 127. The molecule has 1 unspecified atom stereocenters. The summed E-state index contributed by atoms with van der Waals surface area (Å²) in [6.07, 6.45) is 1.03. The van der Waals surface area contributed by atoms with E-state index in [1.807, 2.05) is 11.9 Å². The number of hydrogen-bond acceptors (Lipinski definition) is 3. The quantitative estimate of drug-likeness (QED) is 0.386. The molecule has 1 amide bonds. The molecule has 1 heterocycles. The zero-order valence-corrected chi connectivity index (χ0v) is 17.9. The van der Waals surface area contributed by atoms with Gasteiger partial charge in [-0.05, 0) is 24.1 Å². The third kappa shape index (κ3) is 7.45. The smallest absolute Gasteiger partial charge is 0.243 e. The van der Waals surface area contributed by atoms with Gasteiger partial charge in [0.2, 0.25) is 5.91 Å². The number of guanidine groups is 1. The van der Waals surface area contributed by atoms with E-state index in [0.29, 0.717) is 18.4 Å². The van der Waals surface area contributed by atoms with Crippen LogP contribution in [0.1, 0.15) is 12.0 Å². The Hall–Kier alpha value is -1.42. The molecule has 1 fully saturated rings. The van der Waals surface area contributed by atoms with Gasteiger partial charge in [-0.2, -0.15) is 0 Å². The van der Waals surface area contributed by atoms with E-state index in [2.05, 4.69) is 10.3 Å². The van der Waals surface area contributed by atoms with Crippen molar-refractivity contribution in [3.63, 3.8) is 0 Å². The summed E-state index contributed by atoms with van der Waals surface area (Å²) in [4.78, 5) is 19.7. The number of halogens is 2. The summed E-state index contributed by atoms with van der Waals surface area (Å²) in [5.74, 6) is 0.801. The fraction of sp³-hybridized carbons (Fsp3) is 0.556. The highest BCUT2D eigenvalue weighted by Gasteiger charge is 2.17. The standard InChI is InChI=1S/C18H27FN4O2.HI/c1-22(2)17(24)11-21-18(20-10-15-8-9-25-13-15)23(3)12-14-4-6-16(19)7-5-14;/h4-7,15H,8-13H2,1-3H3,(H,20,21);1H. The van der Waals surface area contributed by atoms with E-state index in [9.17, 15) is 9.18 Å². The zero-order valence-electron chi connectivity index (χ0n) is 15.6.